The quantitative estimate of drug-likeness (QED) is 0.872. The predicted molar refractivity (Wildman–Crippen MR) is 60.9 cm³/mol. The molecule has 0 aliphatic heterocycles. The highest BCUT2D eigenvalue weighted by Crippen LogP contribution is 2.25. The van der Waals surface area contributed by atoms with Gasteiger partial charge in [0.2, 0.25) is 0 Å². The molecule has 1 aromatic carbocycles. The number of aryl methyl sites for hydroxylation is 1. The van der Waals surface area contributed by atoms with Gasteiger partial charge < -0.3 is 10.2 Å². The second-order valence-corrected chi connectivity index (χ2v) is 4.07. The number of nitrogens with two attached hydrogens (primary N) is 1. The summed E-state index contributed by atoms with van der Waals surface area (Å²) < 4.78 is 18.7. The molecule has 0 saturated heterocycles. The molecule has 0 amide bonds. The lowest BCUT2D eigenvalue weighted by molar-refractivity contribution is 0.529. The molecule has 0 saturated carbocycles. The van der Waals surface area contributed by atoms with Gasteiger partial charge in [-0.15, -0.1) is 0 Å². The van der Waals surface area contributed by atoms with Crippen molar-refractivity contribution < 1.29 is 8.81 Å². The van der Waals surface area contributed by atoms with E-state index < -0.39 is 11.9 Å². The van der Waals surface area contributed by atoms with Crippen LogP contribution >= 0.6 is 11.6 Å². The van der Waals surface area contributed by atoms with Crippen LogP contribution in [0.5, 0.6) is 0 Å². The summed E-state index contributed by atoms with van der Waals surface area (Å²) in [6.45, 7) is 1.81. The van der Waals surface area contributed by atoms with E-state index in [1.807, 2.05) is 6.92 Å². The largest absolute Gasteiger partial charge is 0.469 e. The van der Waals surface area contributed by atoms with Crippen LogP contribution in [0, 0.1) is 12.7 Å². The van der Waals surface area contributed by atoms with Gasteiger partial charge in [-0.25, -0.2) is 4.39 Å². The minimum atomic E-state index is -0.533. The van der Waals surface area contributed by atoms with Crippen molar-refractivity contribution in [2.45, 2.75) is 13.0 Å². The lowest BCUT2D eigenvalue weighted by Crippen LogP contribution is -2.12. The molecule has 0 aliphatic carbocycles. The normalized spacial score (nSPS) is 12.8. The zero-order valence-electron chi connectivity index (χ0n) is 8.71. The average Bonchev–Trinajstić information content (AvgIpc) is 2.64. The summed E-state index contributed by atoms with van der Waals surface area (Å²) in [4.78, 5) is 0. The van der Waals surface area contributed by atoms with Gasteiger partial charge in [0.25, 0.3) is 0 Å². The molecular formula is C12H11ClFNO. The van der Waals surface area contributed by atoms with Crippen LogP contribution in [0.4, 0.5) is 4.39 Å². The molecule has 0 bridgehead atoms. The van der Waals surface area contributed by atoms with Crippen molar-refractivity contribution in [3.05, 3.63) is 58.3 Å². The van der Waals surface area contributed by atoms with Crippen molar-refractivity contribution >= 4 is 11.6 Å². The minimum Gasteiger partial charge on any atom is -0.469 e. The standard InChI is InChI=1S/C12H11ClFNO/c1-7-4-8(6-16-7)12(15)10-3-2-9(13)5-11(10)14/h2-6,12H,15H2,1H3. The summed E-state index contributed by atoms with van der Waals surface area (Å²) in [6, 6.07) is 5.72. The van der Waals surface area contributed by atoms with E-state index in [0.29, 0.717) is 10.6 Å². The van der Waals surface area contributed by atoms with Gasteiger partial charge in [-0.1, -0.05) is 17.7 Å². The lowest BCUT2D eigenvalue weighted by atomic mass is 10.0. The smallest absolute Gasteiger partial charge is 0.129 e. The molecular weight excluding hydrogens is 229 g/mol. The van der Waals surface area contributed by atoms with E-state index in [1.54, 1.807) is 18.2 Å². The third-order valence-electron chi connectivity index (χ3n) is 2.41. The summed E-state index contributed by atoms with van der Waals surface area (Å²) >= 11 is 5.67. The Hall–Kier alpha value is -1.32. The molecule has 1 heterocycles. The molecule has 4 heteroatoms. The van der Waals surface area contributed by atoms with E-state index in [1.165, 1.54) is 12.3 Å². The number of benzene rings is 1. The van der Waals surface area contributed by atoms with Gasteiger partial charge in [-0.2, -0.15) is 0 Å². The first-order valence-electron chi connectivity index (χ1n) is 4.83. The molecule has 0 radical (unpaired) electrons. The molecule has 1 aromatic heterocycles. The Morgan fingerprint density at radius 3 is 2.69 bits per heavy atom. The third kappa shape index (κ3) is 2.10. The Bertz CT molecular complexity index is 509. The van der Waals surface area contributed by atoms with Crippen LogP contribution < -0.4 is 5.73 Å². The summed E-state index contributed by atoms with van der Waals surface area (Å²) in [7, 11) is 0. The van der Waals surface area contributed by atoms with Gasteiger partial charge in [0.1, 0.15) is 11.6 Å². The first kappa shape index (κ1) is 11.2. The number of hydrogen-bond acceptors (Lipinski definition) is 2. The van der Waals surface area contributed by atoms with Crippen LogP contribution in [0.2, 0.25) is 5.02 Å². The highest BCUT2D eigenvalue weighted by Gasteiger charge is 2.15. The van der Waals surface area contributed by atoms with Crippen molar-refractivity contribution in [3.8, 4) is 0 Å². The second kappa shape index (κ2) is 4.28. The van der Waals surface area contributed by atoms with Crippen molar-refractivity contribution in [3.63, 3.8) is 0 Å². The topological polar surface area (TPSA) is 39.2 Å². The average molecular weight is 240 g/mol. The number of halogens is 2. The van der Waals surface area contributed by atoms with Gasteiger partial charge >= 0.3 is 0 Å². The number of rotatable bonds is 2. The van der Waals surface area contributed by atoms with Gasteiger partial charge in [-0.05, 0) is 25.1 Å². The van der Waals surface area contributed by atoms with Crippen molar-refractivity contribution in [2.75, 3.05) is 0 Å². The maximum Gasteiger partial charge on any atom is 0.129 e. The van der Waals surface area contributed by atoms with Gasteiger partial charge in [0.05, 0.1) is 12.3 Å². The van der Waals surface area contributed by atoms with Crippen LogP contribution in [0.3, 0.4) is 0 Å². The number of hydrogen-bond donors (Lipinski definition) is 1. The van der Waals surface area contributed by atoms with E-state index in [4.69, 9.17) is 21.8 Å². The molecule has 0 spiro atoms. The molecule has 2 aromatic rings. The second-order valence-electron chi connectivity index (χ2n) is 3.63. The van der Waals surface area contributed by atoms with Crippen molar-refractivity contribution in [1.82, 2.24) is 0 Å². The molecule has 2 N–H and O–H groups in total. The van der Waals surface area contributed by atoms with E-state index in [2.05, 4.69) is 0 Å². The maximum atomic E-state index is 13.6. The minimum absolute atomic E-state index is 0.358. The summed E-state index contributed by atoms with van der Waals surface area (Å²) in [5.41, 5.74) is 7.09. The first-order valence-corrected chi connectivity index (χ1v) is 5.21. The third-order valence-corrected chi connectivity index (χ3v) is 2.64. The van der Waals surface area contributed by atoms with Gasteiger partial charge in [0, 0.05) is 16.1 Å². The van der Waals surface area contributed by atoms with E-state index in [-0.39, 0.29) is 0 Å². The molecule has 2 rings (SSSR count). The van der Waals surface area contributed by atoms with Crippen LogP contribution in [-0.4, -0.2) is 0 Å². The van der Waals surface area contributed by atoms with Gasteiger partial charge in [0.15, 0.2) is 0 Å². The first-order chi connectivity index (χ1) is 7.58. The monoisotopic (exact) mass is 239 g/mol. The molecule has 16 heavy (non-hydrogen) atoms. The Labute approximate surface area is 97.8 Å². The van der Waals surface area contributed by atoms with Crippen LogP contribution in [0.25, 0.3) is 0 Å². The molecule has 0 fully saturated rings. The fraction of sp³-hybridized carbons (Fsp3) is 0.167. The fourth-order valence-electron chi connectivity index (χ4n) is 1.56. The molecule has 84 valence electrons. The van der Waals surface area contributed by atoms with Crippen molar-refractivity contribution in [1.29, 1.82) is 0 Å². The molecule has 0 aliphatic rings. The SMILES string of the molecule is Cc1cc(C(N)c2ccc(Cl)cc2F)co1. The summed E-state index contributed by atoms with van der Waals surface area (Å²) in [6.07, 6.45) is 1.54. The fourth-order valence-corrected chi connectivity index (χ4v) is 1.72. The molecule has 1 unspecified atom stereocenters. The van der Waals surface area contributed by atoms with Crippen LogP contribution in [0.15, 0.2) is 34.9 Å². The van der Waals surface area contributed by atoms with E-state index >= 15 is 0 Å². The van der Waals surface area contributed by atoms with E-state index in [9.17, 15) is 4.39 Å². The van der Waals surface area contributed by atoms with Crippen LogP contribution in [-0.2, 0) is 0 Å². The van der Waals surface area contributed by atoms with Crippen LogP contribution in [0.1, 0.15) is 22.9 Å². The predicted octanol–water partition coefficient (Wildman–Crippen LogP) is 3.43. The highest BCUT2D eigenvalue weighted by atomic mass is 35.5. The Kier molecular flexibility index (Phi) is 2.99. The zero-order chi connectivity index (χ0) is 11.7. The highest BCUT2D eigenvalue weighted by molar-refractivity contribution is 6.30. The van der Waals surface area contributed by atoms with E-state index in [0.717, 1.165) is 11.3 Å². The summed E-state index contributed by atoms with van der Waals surface area (Å²) in [5, 5.41) is 0.358. The zero-order valence-corrected chi connectivity index (χ0v) is 9.46. The number of furan rings is 1. The lowest BCUT2D eigenvalue weighted by Gasteiger charge is -2.10. The Balaban J connectivity index is 2.37. The summed E-state index contributed by atoms with van der Waals surface area (Å²) in [5.74, 6) is 0.346. The van der Waals surface area contributed by atoms with Gasteiger partial charge in [-0.3, -0.25) is 0 Å². The molecule has 1 atom stereocenters. The Morgan fingerprint density at radius 2 is 2.12 bits per heavy atom. The maximum absolute atomic E-state index is 13.6. The molecule has 2 nitrogen and oxygen atoms in total. The Morgan fingerprint density at radius 1 is 1.38 bits per heavy atom. The van der Waals surface area contributed by atoms with Crippen molar-refractivity contribution in [2.24, 2.45) is 5.73 Å².